The zero-order chi connectivity index (χ0) is 16.5. The molecule has 0 saturated carbocycles. The number of hydrogen-bond donors (Lipinski definition) is 1. The lowest BCUT2D eigenvalue weighted by Crippen LogP contribution is -2.19. The van der Waals surface area contributed by atoms with Crippen molar-refractivity contribution in [3.63, 3.8) is 0 Å². The number of anilines is 1. The summed E-state index contributed by atoms with van der Waals surface area (Å²) in [7, 11) is 0. The van der Waals surface area contributed by atoms with Gasteiger partial charge in [-0.3, -0.25) is 9.48 Å². The molecule has 2 aromatic heterocycles. The number of hydrogen-bond acceptors (Lipinski definition) is 4. The van der Waals surface area contributed by atoms with Crippen LogP contribution in [0.15, 0.2) is 12.3 Å². The number of alkyl halides is 3. The maximum Gasteiger partial charge on any atom is 0.435 e. The lowest BCUT2D eigenvalue weighted by atomic mass is 10.2. The Bertz CT molecular complexity index is 754. The highest BCUT2D eigenvalue weighted by atomic mass is 32.1. The molecule has 0 aliphatic carbocycles. The van der Waals surface area contributed by atoms with Crippen LogP contribution in [0, 0.1) is 25.2 Å². The number of nitrogens with zero attached hydrogens (tertiary/aromatic N) is 3. The average molecular weight is 328 g/mol. The predicted octanol–water partition coefficient (Wildman–Crippen LogP) is 3.09. The first-order valence-electron chi connectivity index (χ1n) is 6.13. The van der Waals surface area contributed by atoms with Crippen LogP contribution in [-0.4, -0.2) is 15.7 Å². The Morgan fingerprint density at radius 2 is 2.18 bits per heavy atom. The summed E-state index contributed by atoms with van der Waals surface area (Å²) in [4.78, 5) is 12.8. The topological polar surface area (TPSA) is 70.7 Å². The van der Waals surface area contributed by atoms with Gasteiger partial charge in [-0.1, -0.05) is 0 Å². The van der Waals surface area contributed by atoms with Crippen molar-refractivity contribution in [2.24, 2.45) is 0 Å². The third-order valence-corrected chi connectivity index (χ3v) is 4.11. The molecule has 2 rings (SSSR count). The van der Waals surface area contributed by atoms with E-state index in [1.54, 1.807) is 6.92 Å². The smallest absolute Gasteiger partial charge is 0.315 e. The van der Waals surface area contributed by atoms with E-state index < -0.39 is 17.8 Å². The molecule has 1 amide bonds. The van der Waals surface area contributed by atoms with E-state index in [9.17, 15) is 18.0 Å². The molecule has 0 aliphatic heterocycles. The van der Waals surface area contributed by atoms with Crippen molar-refractivity contribution < 1.29 is 18.0 Å². The standard InChI is InChI=1S/C13H11F3N4OS/c1-7-8(2)22-12(9(7)5-17)18-11(21)6-20-4-3-10(19-20)13(14,15)16/h3-4H,6H2,1-2H3,(H,18,21). The van der Waals surface area contributed by atoms with E-state index in [2.05, 4.69) is 10.4 Å². The summed E-state index contributed by atoms with van der Waals surface area (Å²) in [5.41, 5.74) is 0.0920. The molecule has 5 nitrogen and oxygen atoms in total. The van der Waals surface area contributed by atoms with Gasteiger partial charge in [0.2, 0.25) is 5.91 Å². The monoisotopic (exact) mass is 328 g/mol. The van der Waals surface area contributed by atoms with Gasteiger partial charge in [0, 0.05) is 11.1 Å². The van der Waals surface area contributed by atoms with Crippen molar-refractivity contribution in [3.05, 3.63) is 34.0 Å². The Kier molecular flexibility index (Phi) is 4.23. The molecule has 0 aliphatic rings. The summed E-state index contributed by atoms with van der Waals surface area (Å²) < 4.78 is 38.2. The quantitative estimate of drug-likeness (QED) is 0.941. The lowest BCUT2D eigenvalue weighted by Gasteiger charge is -2.04. The number of nitrogens with one attached hydrogen (secondary N) is 1. The highest BCUT2D eigenvalue weighted by molar-refractivity contribution is 7.16. The highest BCUT2D eigenvalue weighted by Crippen LogP contribution is 2.31. The van der Waals surface area contributed by atoms with Gasteiger partial charge in [0.1, 0.15) is 17.6 Å². The van der Waals surface area contributed by atoms with Crippen LogP contribution < -0.4 is 5.32 Å². The summed E-state index contributed by atoms with van der Waals surface area (Å²) in [6.07, 6.45) is -3.46. The zero-order valence-corrected chi connectivity index (χ0v) is 12.5. The number of aryl methyl sites for hydroxylation is 1. The molecule has 0 aromatic carbocycles. The van der Waals surface area contributed by atoms with Crippen LogP contribution in [0.4, 0.5) is 18.2 Å². The molecule has 2 aromatic rings. The van der Waals surface area contributed by atoms with Crippen molar-refractivity contribution in [2.45, 2.75) is 26.6 Å². The minimum atomic E-state index is -4.54. The van der Waals surface area contributed by atoms with E-state index >= 15 is 0 Å². The summed E-state index contributed by atoms with van der Waals surface area (Å²) >= 11 is 1.25. The van der Waals surface area contributed by atoms with Crippen molar-refractivity contribution in [2.75, 3.05) is 5.32 Å². The van der Waals surface area contributed by atoms with Gasteiger partial charge in [-0.2, -0.15) is 23.5 Å². The number of halogens is 3. The summed E-state index contributed by atoms with van der Waals surface area (Å²) in [5.74, 6) is -0.547. The Labute approximate surface area is 128 Å². The van der Waals surface area contributed by atoms with Gasteiger partial charge in [-0.15, -0.1) is 11.3 Å². The molecule has 0 unspecified atom stereocenters. The van der Waals surface area contributed by atoms with Crippen LogP contribution >= 0.6 is 11.3 Å². The van der Waals surface area contributed by atoms with E-state index in [1.165, 1.54) is 11.3 Å². The van der Waals surface area contributed by atoms with Crippen LogP contribution in [-0.2, 0) is 17.5 Å². The Morgan fingerprint density at radius 1 is 1.50 bits per heavy atom. The molecular formula is C13H11F3N4OS. The molecule has 0 bridgehead atoms. The maximum atomic E-state index is 12.4. The second-order valence-corrected chi connectivity index (χ2v) is 5.77. The van der Waals surface area contributed by atoms with Gasteiger partial charge in [0.25, 0.3) is 0 Å². The van der Waals surface area contributed by atoms with E-state index in [4.69, 9.17) is 5.26 Å². The first-order valence-corrected chi connectivity index (χ1v) is 6.94. The fourth-order valence-electron chi connectivity index (χ4n) is 1.76. The van der Waals surface area contributed by atoms with Gasteiger partial charge in [-0.05, 0) is 25.5 Å². The molecule has 0 fully saturated rings. The van der Waals surface area contributed by atoms with Gasteiger partial charge in [-0.25, -0.2) is 0 Å². The molecule has 116 valence electrons. The zero-order valence-electron chi connectivity index (χ0n) is 11.7. The molecule has 1 N–H and O–H groups in total. The van der Waals surface area contributed by atoms with Crippen LogP contribution in [0.25, 0.3) is 0 Å². The molecule has 0 radical (unpaired) electrons. The average Bonchev–Trinajstić information content (AvgIpc) is 2.96. The highest BCUT2D eigenvalue weighted by Gasteiger charge is 2.33. The van der Waals surface area contributed by atoms with Crippen LogP contribution in [0.2, 0.25) is 0 Å². The Morgan fingerprint density at radius 3 is 2.73 bits per heavy atom. The van der Waals surface area contributed by atoms with Crippen molar-refractivity contribution >= 4 is 22.2 Å². The molecule has 2 heterocycles. The molecule has 22 heavy (non-hydrogen) atoms. The number of rotatable bonds is 3. The number of carbonyl (C=O) groups excluding carboxylic acids is 1. The lowest BCUT2D eigenvalue weighted by molar-refractivity contribution is -0.141. The van der Waals surface area contributed by atoms with Crippen LogP contribution in [0.5, 0.6) is 0 Å². The Hall–Kier alpha value is -2.34. The fourth-order valence-corrected chi connectivity index (χ4v) is 2.79. The first-order chi connectivity index (χ1) is 10.2. The summed E-state index contributed by atoms with van der Waals surface area (Å²) in [5, 5.41) is 15.3. The number of nitriles is 1. The minimum absolute atomic E-state index is 0.364. The van der Waals surface area contributed by atoms with Gasteiger partial charge in [0.15, 0.2) is 5.69 Å². The largest absolute Gasteiger partial charge is 0.435 e. The molecule has 9 heteroatoms. The fraction of sp³-hybridized carbons (Fsp3) is 0.308. The first kappa shape index (κ1) is 16.0. The van der Waals surface area contributed by atoms with Crippen LogP contribution in [0.3, 0.4) is 0 Å². The van der Waals surface area contributed by atoms with Gasteiger partial charge < -0.3 is 5.32 Å². The predicted molar refractivity (Wildman–Crippen MR) is 74.4 cm³/mol. The summed E-state index contributed by atoms with van der Waals surface area (Å²) in [6.45, 7) is 3.22. The molecular weight excluding hydrogens is 317 g/mol. The van der Waals surface area contributed by atoms with Crippen molar-refractivity contribution in [3.8, 4) is 6.07 Å². The molecule has 0 atom stereocenters. The second kappa shape index (κ2) is 5.81. The van der Waals surface area contributed by atoms with Gasteiger partial charge >= 0.3 is 6.18 Å². The third-order valence-electron chi connectivity index (χ3n) is 2.99. The number of amides is 1. The van der Waals surface area contributed by atoms with E-state index in [1.807, 2.05) is 13.0 Å². The van der Waals surface area contributed by atoms with Crippen molar-refractivity contribution in [1.82, 2.24) is 9.78 Å². The number of carbonyl (C=O) groups is 1. The second-order valence-electron chi connectivity index (χ2n) is 4.54. The Balaban J connectivity index is 2.10. The minimum Gasteiger partial charge on any atom is -0.315 e. The van der Waals surface area contributed by atoms with Crippen LogP contribution in [0.1, 0.15) is 21.7 Å². The van der Waals surface area contributed by atoms with E-state index in [0.29, 0.717) is 10.6 Å². The van der Waals surface area contributed by atoms with Gasteiger partial charge in [0.05, 0.1) is 5.56 Å². The third kappa shape index (κ3) is 3.28. The SMILES string of the molecule is Cc1sc(NC(=O)Cn2ccc(C(F)(F)F)n2)c(C#N)c1C. The maximum absolute atomic E-state index is 12.4. The van der Waals surface area contributed by atoms with E-state index in [0.717, 1.165) is 27.4 Å². The number of thiophene rings is 1. The number of aromatic nitrogens is 2. The molecule has 0 saturated heterocycles. The normalized spacial score (nSPS) is 11.3. The molecule has 0 spiro atoms. The van der Waals surface area contributed by atoms with Crippen molar-refractivity contribution in [1.29, 1.82) is 5.26 Å². The van der Waals surface area contributed by atoms with E-state index in [-0.39, 0.29) is 6.54 Å². The summed E-state index contributed by atoms with van der Waals surface area (Å²) in [6, 6.07) is 2.80.